The van der Waals surface area contributed by atoms with Crippen LogP contribution in [-0.2, 0) is 59.6 Å². The SMILES string of the molecule is C#CC1CC1.CC1(C)C(=O)Nc2nc(-c3nn(Cc4ccccc4F)c4ncccc34)nc(-c3ccn[nH]3)c21.CC1(C)C(=O)Nc2nc(-c3nn(Cc4ccccc4F)c4ncccc34)nc(C#CC3CC3)c21.CC1(C)C(=O)Nc2nc(-c3nn(Cc4ccccc4F)c4ncccc34)nc(I)c21.CC1(C)OB(c2ccn[nH]2)OC1(C)C. The number of halogens is 4. The van der Waals surface area contributed by atoms with Gasteiger partial charge in [-0.2, -0.15) is 25.5 Å². The zero-order valence-corrected chi connectivity index (χ0v) is 67.5. The summed E-state index contributed by atoms with van der Waals surface area (Å²) >= 11 is 2.12. The predicted molar refractivity (Wildman–Crippen MR) is 443 cm³/mol. The number of nitrogens with one attached hydrogen (secondary N) is 5. The zero-order valence-electron chi connectivity index (χ0n) is 65.3. The molecule has 3 fully saturated rings. The van der Waals surface area contributed by atoms with Gasteiger partial charge in [-0.15, -0.1) is 12.3 Å². The first-order valence-electron chi connectivity index (χ1n) is 37.9. The minimum Gasteiger partial charge on any atom is -0.398 e. The fourth-order valence-electron chi connectivity index (χ4n) is 13.7. The van der Waals surface area contributed by atoms with Crippen molar-refractivity contribution in [2.24, 2.45) is 11.8 Å². The average Bonchev–Trinajstić information content (AvgIpc) is 1.56. The maximum atomic E-state index is 14.3. The molecule has 14 aromatic rings. The molecule has 0 bridgehead atoms. The second-order valence-corrected chi connectivity index (χ2v) is 32.5. The molecule has 588 valence electrons. The molecule has 2 aliphatic carbocycles. The minimum atomic E-state index is -0.817. The van der Waals surface area contributed by atoms with Crippen LogP contribution >= 0.6 is 22.6 Å². The van der Waals surface area contributed by atoms with Crippen molar-refractivity contribution in [3.05, 3.63) is 213 Å². The highest BCUT2D eigenvalue weighted by Gasteiger charge is 2.53. The number of nitrogens with zero attached hydrogens (tertiary/aromatic N) is 17. The third kappa shape index (κ3) is 15.3. The molecule has 1 saturated heterocycles. The van der Waals surface area contributed by atoms with Gasteiger partial charge in [-0.3, -0.25) is 24.6 Å². The largest absolute Gasteiger partial charge is 0.513 e. The Hall–Kier alpha value is -12.8. The quantitative estimate of drug-likeness (QED) is 0.0347. The zero-order chi connectivity index (χ0) is 82.0. The number of terminal acetylenes is 1. The van der Waals surface area contributed by atoms with Gasteiger partial charge >= 0.3 is 7.12 Å². The highest BCUT2D eigenvalue weighted by atomic mass is 127. The number of rotatable bonds is 11. The summed E-state index contributed by atoms with van der Waals surface area (Å²) in [5, 5.41) is 38.7. The van der Waals surface area contributed by atoms with Crippen molar-refractivity contribution < 1.29 is 36.9 Å². The van der Waals surface area contributed by atoms with E-state index in [-0.39, 0.29) is 73.1 Å². The molecule has 5 N–H and O–H groups in total. The molecule has 0 atom stereocenters. The monoisotopic (exact) mass is 1680 g/mol. The molecule has 117 heavy (non-hydrogen) atoms. The Morgan fingerprint density at radius 3 is 1.28 bits per heavy atom. The van der Waals surface area contributed by atoms with E-state index >= 15 is 0 Å². The summed E-state index contributed by atoms with van der Waals surface area (Å²) in [5.74, 6) is 11.3. The second kappa shape index (κ2) is 30.8. The first kappa shape index (κ1) is 78.1. The van der Waals surface area contributed by atoms with Crippen molar-refractivity contribution in [2.45, 2.75) is 142 Å². The third-order valence-corrected chi connectivity index (χ3v) is 22.3. The molecule has 0 radical (unpaired) electrons. The van der Waals surface area contributed by atoms with E-state index in [0.717, 1.165) is 40.2 Å². The van der Waals surface area contributed by atoms with E-state index in [9.17, 15) is 27.6 Å². The number of anilines is 3. The van der Waals surface area contributed by atoms with E-state index in [1.807, 2.05) is 106 Å². The third-order valence-electron chi connectivity index (χ3n) is 21.5. The number of amides is 3. The molecule has 6 aliphatic rings. The highest BCUT2D eigenvalue weighted by molar-refractivity contribution is 14.1. The van der Waals surface area contributed by atoms with E-state index in [2.05, 4.69) is 117 Å². The van der Waals surface area contributed by atoms with Gasteiger partial charge in [-0.25, -0.2) is 72.1 Å². The standard InChI is InChI=1S/C26H21FN6O.C24H19FN8O.C21H16FIN6O.C9H15BN2O2.C5H6/c1-26(2)20-19(12-11-15-9-10-15)29-23(30-22(20)31-25(26)34)21-17-7-5-13-28-24(17)33(32-21)14-16-6-3-4-8-18(16)27;1-24(2)17-19(16-9-11-27-31-16)28-21(29-20(17)30-23(24)34)18-14-7-5-10-26-22(14)33(32-18)12-13-6-3-4-8-15(13)25;1-21(2)14-16(23)25-18(26-17(14)27-20(21)30)15-12-7-5-9-24-19(12)29(28-15)10-11-6-3-4-8-13(11)22;1-8(2)9(3,4)14-10(13-8)7-5-6-11-12-7;1-2-5-3-4-5/h3-8,13,15H,9-10,14H2,1-2H3,(H,29,30,31,34);3-11H,12H2,1-2H3,(H,27,31)(H,28,29,30,34);3-9H,10H2,1-2H3,(H,25,26,27,30);5-6H,1-4H3,(H,11,12);1,5H,3-4H2. The molecule has 11 aromatic heterocycles. The Morgan fingerprint density at radius 2 is 0.872 bits per heavy atom. The number of fused-ring (bicyclic) bond motifs is 6. The van der Waals surface area contributed by atoms with Crippen molar-refractivity contribution in [3.63, 3.8) is 0 Å². The number of hydrogen-bond donors (Lipinski definition) is 5. The van der Waals surface area contributed by atoms with Crippen LogP contribution < -0.4 is 21.5 Å². The summed E-state index contributed by atoms with van der Waals surface area (Å²) in [7, 11) is -0.331. The number of benzene rings is 3. The highest BCUT2D eigenvalue weighted by Crippen LogP contribution is 2.45. The molecule has 15 heterocycles. The van der Waals surface area contributed by atoms with Crippen LogP contribution in [0.4, 0.5) is 30.6 Å². The fraction of sp³-hybridized carbons (Fsp3) is 0.282. The average molecular weight is 1680 g/mol. The number of aromatic nitrogens is 19. The molecule has 4 aliphatic heterocycles. The van der Waals surface area contributed by atoms with Gasteiger partial charge in [-0.1, -0.05) is 60.5 Å². The number of H-pyrrole nitrogens is 2. The van der Waals surface area contributed by atoms with Crippen molar-refractivity contribution in [2.75, 3.05) is 16.0 Å². The molecule has 2 saturated carbocycles. The Morgan fingerprint density at radius 1 is 0.470 bits per heavy atom. The molecular weight excluding hydrogens is 1600 g/mol. The number of hydrogen-bond acceptors (Lipinski definition) is 19. The maximum absolute atomic E-state index is 14.3. The van der Waals surface area contributed by atoms with Gasteiger partial charge in [0.15, 0.2) is 34.4 Å². The molecule has 20 rings (SSSR count). The normalized spacial score (nSPS) is 16.5. The van der Waals surface area contributed by atoms with Crippen LogP contribution in [0.2, 0.25) is 0 Å². The van der Waals surface area contributed by atoms with Crippen molar-refractivity contribution in [3.8, 4) is 70.1 Å². The van der Waals surface area contributed by atoms with Gasteiger partial charge in [0.05, 0.1) is 80.2 Å². The first-order chi connectivity index (χ1) is 56.1. The van der Waals surface area contributed by atoms with Gasteiger partial charge in [0.25, 0.3) is 0 Å². The first-order valence-corrected chi connectivity index (χ1v) is 39.0. The number of carbonyl (C=O) groups is 3. The van der Waals surface area contributed by atoms with Gasteiger partial charge in [-0.05, 0) is 190 Å². The Kier molecular flexibility index (Phi) is 20.5. The van der Waals surface area contributed by atoms with E-state index < -0.39 is 16.2 Å². The van der Waals surface area contributed by atoms with Gasteiger partial charge in [0, 0.05) is 76.2 Å². The lowest BCUT2D eigenvalue weighted by Gasteiger charge is -2.32. The summed E-state index contributed by atoms with van der Waals surface area (Å²) < 4.78 is 60.1. The molecule has 27 nitrogen and oxygen atoms in total. The smallest absolute Gasteiger partial charge is 0.398 e. The summed E-state index contributed by atoms with van der Waals surface area (Å²) in [4.78, 5) is 79.3. The molecule has 32 heteroatoms. The second-order valence-electron chi connectivity index (χ2n) is 31.5. The van der Waals surface area contributed by atoms with Gasteiger partial charge < -0.3 is 25.3 Å². The molecule has 3 aromatic carbocycles. The maximum Gasteiger partial charge on any atom is 0.513 e. The van der Waals surface area contributed by atoms with E-state index in [1.54, 1.807) is 112 Å². The topological polar surface area (TPSA) is 333 Å². The van der Waals surface area contributed by atoms with Crippen LogP contribution in [0, 0.1) is 57.2 Å². The van der Waals surface area contributed by atoms with E-state index in [4.69, 9.17) is 35.9 Å². The lowest BCUT2D eigenvalue weighted by Crippen LogP contribution is -2.41. The van der Waals surface area contributed by atoms with Crippen LogP contribution in [0.1, 0.15) is 134 Å². The van der Waals surface area contributed by atoms with Crippen LogP contribution in [0.5, 0.6) is 0 Å². The lowest BCUT2D eigenvalue weighted by atomic mass is 9.85. The molecule has 0 unspecified atom stereocenters. The van der Waals surface area contributed by atoms with Crippen molar-refractivity contribution >= 4 is 104 Å². The molecular formula is C85H77BF3IN22O5. The Bertz CT molecular complexity index is 6360. The minimum absolute atomic E-state index is 0.113. The van der Waals surface area contributed by atoms with Crippen LogP contribution in [0.15, 0.2) is 152 Å². The number of aromatic amines is 2. The lowest BCUT2D eigenvalue weighted by molar-refractivity contribution is -0.120. The number of pyridine rings is 3. The number of carbonyl (C=O) groups excluding carboxylic acids is 3. The van der Waals surface area contributed by atoms with Crippen LogP contribution in [0.25, 0.3) is 79.0 Å². The van der Waals surface area contributed by atoms with E-state index in [0.29, 0.717) is 129 Å². The molecule has 3 amide bonds. The fourth-order valence-corrected chi connectivity index (χ4v) is 14.9. The van der Waals surface area contributed by atoms with Gasteiger partial charge in [0.2, 0.25) is 17.7 Å². The van der Waals surface area contributed by atoms with Crippen molar-refractivity contribution in [1.29, 1.82) is 0 Å². The van der Waals surface area contributed by atoms with E-state index in [1.165, 1.54) is 31.0 Å². The van der Waals surface area contributed by atoms with Gasteiger partial charge in [0.1, 0.15) is 61.4 Å². The van der Waals surface area contributed by atoms with Crippen LogP contribution in [0.3, 0.4) is 0 Å². The summed E-state index contributed by atoms with van der Waals surface area (Å²) in [6, 6.07) is 34.5. The summed E-state index contributed by atoms with van der Waals surface area (Å²) in [5.41, 5.74) is 6.78. The molecule has 0 spiro atoms. The van der Waals surface area contributed by atoms with Crippen LogP contribution in [-0.4, -0.2) is 131 Å². The van der Waals surface area contributed by atoms with Crippen molar-refractivity contribution in [1.82, 2.24) is 94.6 Å². The Labute approximate surface area is 683 Å². The Balaban J connectivity index is 0.000000118. The summed E-state index contributed by atoms with van der Waals surface area (Å²) in [6.07, 6.45) is 18.0. The summed E-state index contributed by atoms with van der Waals surface area (Å²) in [6.45, 7) is 19.8. The predicted octanol–water partition coefficient (Wildman–Crippen LogP) is 13.4.